The van der Waals surface area contributed by atoms with E-state index in [1.54, 1.807) is 6.07 Å². The van der Waals surface area contributed by atoms with Crippen molar-refractivity contribution in [3.8, 4) is 5.75 Å². The smallest absolute Gasteiger partial charge is 0.493 e. The maximum atomic E-state index is 13.4. The first-order chi connectivity index (χ1) is 11.7. The number of benzene rings is 1. The number of unbranched alkanes of at least 4 members (excludes halogenated alkanes) is 3. The van der Waals surface area contributed by atoms with Crippen molar-refractivity contribution < 1.29 is 27.2 Å². The summed E-state index contributed by atoms with van der Waals surface area (Å²) in [4.78, 5) is 0. The Hall–Kier alpha value is -1.21. The van der Waals surface area contributed by atoms with Crippen LogP contribution in [-0.4, -0.2) is 26.9 Å². The molecule has 0 atom stereocenters. The number of hydrogen-bond donors (Lipinski definition) is 0. The van der Waals surface area contributed by atoms with Crippen molar-refractivity contribution in [3.05, 3.63) is 23.8 Å². The summed E-state index contributed by atoms with van der Waals surface area (Å²) in [6.07, 6.45) is -0.656. The van der Waals surface area contributed by atoms with Gasteiger partial charge in [-0.1, -0.05) is 46.1 Å². The van der Waals surface area contributed by atoms with Gasteiger partial charge in [-0.3, -0.25) is 0 Å². The van der Waals surface area contributed by atoms with E-state index in [2.05, 4.69) is 6.92 Å². The summed E-state index contributed by atoms with van der Waals surface area (Å²) >= 11 is 0. The van der Waals surface area contributed by atoms with Crippen molar-refractivity contribution in [3.63, 3.8) is 0 Å². The van der Waals surface area contributed by atoms with Crippen molar-refractivity contribution in [2.24, 2.45) is 5.41 Å². The molecule has 1 fully saturated rings. The molecule has 0 spiro atoms. The largest absolute Gasteiger partial charge is 0.493 e. The molecule has 1 saturated heterocycles. The summed E-state index contributed by atoms with van der Waals surface area (Å²) in [6, 6.07) is 4.02. The number of hydrogen-bond acceptors (Lipinski definition) is 3. The van der Waals surface area contributed by atoms with Gasteiger partial charge in [-0.15, -0.1) is 0 Å². The first kappa shape index (κ1) is 20.1. The Morgan fingerprint density at radius 2 is 1.80 bits per heavy atom. The minimum Gasteiger partial charge on any atom is -0.493 e. The minimum atomic E-state index is -4.48. The van der Waals surface area contributed by atoms with Gasteiger partial charge in [-0.25, -0.2) is 0 Å². The van der Waals surface area contributed by atoms with Gasteiger partial charge in [0.2, 0.25) is 0 Å². The number of ether oxygens (including phenoxy) is 1. The van der Waals surface area contributed by atoms with Crippen LogP contribution >= 0.6 is 0 Å². The third kappa shape index (κ3) is 5.92. The summed E-state index contributed by atoms with van der Waals surface area (Å²) in [5.41, 5.74) is -0.552. The van der Waals surface area contributed by atoms with E-state index in [0.717, 1.165) is 31.7 Å². The predicted octanol–water partition coefficient (Wildman–Crippen LogP) is 4.43. The van der Waals surface area contributed by atoms with E-state index >= 15 is 0 Å². The van der Waals surface area contributed by atoms with E-state index in [-0.39, 0.29) is 17.8 Å². The van der Waals surface area contributed by atoms with E-state index in [4.69, 9.17) is 14.0 Å². The van der Waals surface area contributed by atoms with Crippen LogP contribution in [0.4, 0.5) is 13.2 Å². The van der Waals surface area contributed by atoms with E-state index < -0.39 is 18.9 Å². The Labute approximate surface area is 148 Å². The first-order valence-electron chi connectivity index (χ1n) is 8.80. The van der Waals surface area contributed by atoms with E-state index in [9.17, 15) is 13.2 Å². The normalized spacial score (nSPS) is 17.6. The van der Waals surface area contributed by atoms with Gasteiger partial charge in [0.15, 0.2) is 0 Å². The van der Waals surface area contributed by atoms with Crippen molar-refractivity contribution in [1.82, 2.24) is 0 Å². The Balaban J connectivity index is 2.09. The molecule has 7 heteroatoms. The van der Waals surface area contributed by atoms with Crippen LogP contribution in [0.25, 0.3) is 0 Å². The van der Waals surface area contributed by atoms with Crippen LogP contribution in [0, 0.1) is 5.41 Å². The Morgan fingerprint density at radius 1 is 1.12 bits per heavy atom. The number of alkyl halides is 3. The molecular formula is C18H26BF3O3. The summed E-state index contributed by atoms with van der Waals surface area (Å²) in [5, 5.41) is 0. The zero-order valence-corrected chi connectivity index (χ0v) is 15.1. The van der Waals surface area contributed by atoms with Crippen molar-refractivity contribution in [2.45, 2.75) is 52.6 Å². The average Bonchev–Trinajstić information content (AvgIpc) is 2.54. The Kier molecular flexibility index (Phi) is 6.80. The fraction of sp³-hybridized carbons (Fsp3) is 0.667. The van der Waals surface area contributed by atoms with Crippen LogP contribution in [0.2, 0.25) is 0 Å². The molecule has 0 aliphatic carbocycles. The second-order valence-corrected chi connectivity index (χ2v) is 7.28. The molecule has 1 aliphatic rings. The van der Waals surface area contributed by atoms with Crippen LogP contribution in [0.15, 0.2) is 18.2 Å². The van der Waals surface area contributed by atoms with Crippen LogP contribution in [0.5, 0.6) is 5.75 Å². The lowest BCUT2D eigenvalue weighted by Gasteiger charge is -2.33. The van der Waals surface area contributed by atoms with Gasteiger partial charge in [0.25, 0.3) is 0 Å². The van der Waals surface area contributed by atoms with Crippen molar-refractivity contribution in [1.29, 1.82) is 0 Å². The van der Waals surface area contributed by atoms with Gasteiger partial charge in [-0.05, 0) is 24.0 Å². The maximum absolute atomic E-state index is 13.4. The molecule has 1 aromatic carbocycles. The van der Waals surface area contributed by atoms with Crippen molar-refractivity contribution >= 4 is 12.6 Å². The summed E-state index contributed by atoms with van der Waals surface area (Å²) in [7, 11) is -0.771. The lowest BCUT2D eigenvalue weighted by molar-refractivity contribution is -0.138. The zero-order chi connectivity index (χ0) is 18.5. The fourth-order valence-electron chi connectivity index (χ4n) is 2.64. The third-order valence-electron chi connectivity index (χ3n) is 4.09. The molecule has 25 heavy (non-hydrogen) atoms. The van der Waals surface area contributed by atoms with Gasteiger partial charge in [0.05, 0.1) is 12.2 Å². The molecule has 0 saturated carbocycles. The van der Waals surface area contributed by atoms with Gasteiger partial charge < -0.3 is 14.0 Å². The minimum absolute atomic E-state index is 0.134. The molecule has 0 N–H and O–H groups in total. The molecule has 1 heterocycles. The van der Waals surface area contributed by atoms with Gasteiger partial charge in [-0.2, -0.15) is 13.2 Å². The average molecular weight is 358 g/mol. The van der Waals surface area contributed by atoms with Crippen LogP contribution in [0.3, 0.4) is 0 Å². The monoisotopic (exact) mass is 358 g/mol. The van der Waals surface area contributed by atoms with E-state index in [0.29, 0.717) is 18.7 Å². The van der Waals surface area contributed by atoms with Crippen LogP contribution in [0.1, 0.15) is 52.0 Å². The Bertz CT molecular complexity index is 551. The summed E-state index contributed by atoms with van der Waals surface area (Å²) < 4.78 is 56.7. The SMILES string of the molecule is CCCCCCOc1ccc(B2OCC(C)(C)CO2)cc1C(F)(F)F. The molecule has 0 radical (unpaired) electrons. The summed E-state index contributed by atoms with van der Waals surface area (Å²) in [6.45, 7) is 7.22. The first-order valence-corrected chi connectivity index (χ1v) is 8.80. The highest BCUT2D eigenvalue weighted by molar-refractivity contribution is 6.61. The highest BCUT2D eigenvalue weighted by Crippen LogP contribution is 2.36. The molecule has 0 amide bonds. The molecule has 1 aromatic rings. The van der Waals surface area contributed by atoms with Crippen molar-refractivity contribution in [2.75, 3.05) is 19.8 Å². The highest BCUT2D eigenvalue weighted by Gasteiger charge is 2.38. The van der Waals surface area contributed by atoms with E-state index in [1.807, 2.05) is 13.8 Å². The standard InChI is InChI=1S/C18H26BF3O3/c1-4-5-6-7-10-23-16-9-8-14(11-15(16)18(20,21)22)19-24-12-17(2,3)13-25-19/h8-9,11H,4-7,10,12-13H2,1-3H3. The lowest BCUT2D eigenvalue weighted by atomic mass is 9.75. The second-order valence-electron chi connectivity index (χ2n) is 7.28. The maximum Gasteiger partial charge on any atom is 0.493 e. The quantitative estimate of drug-likeness (QED) is 0.533. The van der Waals surface area contributed by atoms with Gasteiger partial charge in [0, 0.05) is 18.6 Å². The molecule has 2 rings (SSSR count). The molecule has 1 aliphatic heterocycles. The third-order valence-corrected chi connectivity index (χ3v) is 4.09. The number of halogens is 3. The van der Waals surface area contributed by atoms with Gasteiger partial charge in [0.1, 0.15) is 5.75 Å². The van der Waals surface area contributed by atoms with Gasteiger partial charge >= 0.3 is 13.3 Å². The topological polar surface area (TPSA) is 27.7 Å². The van der Waals surface area contributed by atoms with Crippen LogP contribution in [-0.2, 0) is 15.5 Å². The fourth-order valence-corrected chi connectivity index (χ4v) is 2.64. The Morgan fingerprint density at radius 3 is 2.40 bits per heavy atom. The predicted molar refractivity (Wildman–Crippen MR) is 92.2 cm³/mol. The van der Waals surface area contributed by atoms with E-state index in [1.165, 1.54) is 6.07 Å². The lowest BCUT2D eigenvalue weighted by Crippen LogP contribution is -2.47. The summed E-state index contributed by atoms with van der Waals surface area (Å²) in [5.74, 6) is -0.135. The molecule has 140 valence electrons. The zero-order valence-electron chi connectivity index (χ0n) is 15.1. The molecule has 0 bridgehead atoms. The van der Waals surface area contributed by atoms with Crippen LogP contribution < -0.4 is 10.2 Å². The highest BCUT2D eigenvalue weighted by atomic mass is 19.4. The molecule has 0 aromatic heterocycles. The molecular weight excluding hydrogens is 332 g/mol. The second kappa shape index (κ2) is 8.45. The molecule has 3 nitrogen and oxygen atoms in total. The number of rotatable bonds is 7. The molecule has 0 unspecified atom stereocenters.